The van der Waals surface area contributed by atoms with Crippen molar-refractivity contribution in [3.63, 3.8) is 0 Å². The van der Waals surface area contributed by atoms with Crippen molar-refractivity contribution in [3.05, 3.63) is 89.6 Å². The summed E-state index contributed by atoms with van der Waals surface area (Å²) in [5, 5.41) is 7.01. The lowest BCUT2D eigenvalue weighted by Crippen LogP contribution is -2.58. The van der Waals surface area contributed by atoms with Gasteiger partial charge < -0.3 is 35.1 Å². The summed E-state index contributed by atoms with van der Waals surface area (Å²) in [6.45, 7) is 7.51. The van der Waals surface area contributed by atoms with Gasteiger partial charge in [-0.2, -0.15) is 0 Å². The number of ether oxygens (including phenoxy) is 1. The Bertz CT molecular complexity index is 1680. The van der Waals surface area contributed by atoms with Gasteiger partial charge in [0.15, 0.2) is 0 Å². The van der Waals surface area contributed by atoms with Gasteiger partial charge in [0, 0.05) is 48.3 Å². The highest BCUT2D eigenvalue weighted by molar-refractivity contribution is 6.01. The van der Waals surface area contributed by atoms with E-state index < -0.39 is 18.0 Å². The van der Waals surface area contributed by atoms with E-state index in [0.717, 1.165) is 33.3 Å². The van der Waals surface area contributed by atoms with E-state index in [1.165, 1.54) is 4.90 Å². The molecule has 1 aliphatic heterocycles. The Hall–Kier alpha value is -4.83. The van der Waals surface area contributed by atoms with E-state index in [4.69, 9.17) is 4.74 Å². The van der Waals surface area contributed by atoms with Gasteiger partial charge in [-0.3, -0.25) is 9.59 Å². The molecule has 3 aromatic carbocycles. The number of urea groups is 1. The van der Waals surface area contributed by atoms with Crippen LogP contribution in [0.3, 0.4) is 0 Å². The van der Waals surface area contributed by atoms with Gasteiger partial charge in [0.25, 0.3) is 0 Å². The summed E-state index contributed by atoms with van der Waals surface area (Å²) in [4.78, 5) is 49.6. The number of hydrogen-bond acceptors (Lipinski definition) is 5. The maximum Gasteiger partial charge on any atom is 0.318 e. The molecule has 0 unspecified atom stereocenters. The SMILES string of the molecule is CCOc1ccc(CN(C)C)cc1NC(=O)[C@H](NC(=O)N1CCN(c2ccccc2C)C(=O)C1)[C@@H](C)c1c[nH]c2ccccc12. The minimum absolute atomic E-state index is 0.0863. The van der Waals surface area contributed by atoms with Crippen molar-refractivity contribution < 1.29 is 19.1 Å². The summed E-state index contributed by atoms with van der Waals surface area (Å²) in [5.41, 5.74) is 5.22. The molecule has 4 amide bonds. The summed E-state index contributed by atoms with van der Waals surface area (Å²) in [6.07, 6.45) is 1.88. The predicted molar refractivity (Wildman–Crippen MR) is 178 cm³/mol. The number of anilines is 2. The molecule has 0 radical (unpaired) electrons. The van der Waals surface area contributed by atoms with Crippen LogP contribution < -0.4 is 20.3 Å². The monoisotopic (exact) mass is 610 g/mol. The molecule has 2 atom stereocenters. The first kappa shape index (κ1) is 31.6. The molecule has 4 aromatic rings. The minimum atomic E-state index is -0.951. The first-order valence-corrected chi connectivity index (χ1v) is 15.3. The topological polar surface area (TPSA) is 110 Å². The van der Waals surface area contributed by atoms with Crippen LogP contribution in [0.5, 0.6) is 5.75 Å². The van der Waals surface area contributed by atoms with Crippen molar-refractivity contribution >= 4 is 40.1 Å². The number of nitrogens with one attached hydrogen (secondary N) is 3. The van der Waals surface area contributed by atoms with Crippen LogP contribution in [0.2, 0.25) is 0 Å². The summed E-state index contributed by atoms with van der Waals surface area (Å²) < 4.78 is 5.84. The second-order valence-electron chi connectivity index (χ2n) is 11.7. The van der Waals surface area contributed by atoms with Gasteiger partial charge in [-0.1, -0.05) is 49.4 Å². The van der Waals surface area contributed by atoms with Crippen LogP contribution in [0.15, 0.2) is 72.9 Å². The van der Waals surface area contributed by atoms with Gasteiger partial charge in [0.05, 0.1) is 12.3 Å². The molecule has 1 aliphatic rings. The number of aromatic amines is 1. The fraction of sp³-hybridized carbons (Fsp3) is 0.343. The zero-order valence-corrected chi connectivity index (χ0v) is 26.6. The highest BCUT2D eigenvalue weighted by Crippen LogP contribution is 2.31. The van der Waals surface area contributed by atoms with Gasteiger partial charge in [-0.25, -0.2) is 4.79 Å². The number of nitrogens with zero attached hydrogens (tertiary/aromatic N) is 3. The number of benzene rings is 3. The van der Waals surface area contributed by atoms with E-state index in [1.807, 2.05) is 113 Å². The molecule has 1 saturated heterocycles. The number of aromatic nitrogens is 1. The summed E-state index contributed by atoms with van der Waals surface area (Å²) in [7, 11) is 3.96. The number of carbonyl (C=O) groups excluding carboxylic acids is 3. The van der Waals surface area contributed by atoms with Gasteiger partial charge in [0.1, 0.15) is 18.3 Å². The quantitative estimate of drug-likeness (QED) is 0.231. The highest BCUT2D eigenvalue weighted by Gasteiger charge is 2.34. The van der Waals surface area contributed by atoms with Gasteiger partial charge in [0.2, 0.25) is 11.8 Å². The number of aryl methyl sites for hydroxylation is 1. The van der Waals surface area contributed by atoms with Crippen LogP contribution >= 0.6 is 0 Å². The standard InChI is InChI=1S/C35H42N6O4/c1-6-45-31-16-15-25(21-39(4)5)19-29(31)37-34(43)33(24(3)27-20-36-28-13-9-8-12-26(27)28)38-35(44)40-17-18-41(32(42)22-40)30-14-10-7-11-23(30)2/h7-16,19-20,24,33,36H,6,17-18,21-22H2,1-5H3,(H,37,43)(H,38,44)/t24-,33+/m0/s1. The lowest BCUT2D eigenvalue weighted by atomic mass is 9.92. The van der Waals surface area contributed by atoms with E-state index in [0.29, 0.717) is 37.7 Å². The number of para-hydroxylation sites is 2. The maximum atomic E-state index is 14.1. The van der Waals surface area contributed by atoms with E-state index in [1.54, 1.807) is 4.90 Å². The fourth-order valence-corrected chi connectivity index (χ4v) is 5.89. The molecular formula is C35H42N6O4. The Kier molecular flexibility index (Phi) is 9.73. The molecule has 1 aromatic heterocycles. The molecule has 236 valence electrons. The summed E-state index contributed by atoms with van der Waals surface area (Å²) >= 11 is 0. The summed E-state index contributed by atoms with van der Waals surface area (Å²) in [6, 6.07) is 19.9. The van der Waals surface area contributed by atoms with Gasteiger partial charge >= 0.3 is 6.03 Å². The molecule has 5 rings (SSSR count). The van der Waals surface area contributed by atoms with Crippen LogP contribution in [-0.2, 0) is 16.1 Å². The molecule has 0 spiro atoms. The Labute approximate surface area is 264 Å². The molecule has 10 nitrogen and oxygen atoms in total. The van der Waals surface area contributed by atoms with Gasteiger partial charge in [-0.05, 0) is 68.9 Å². The zero-order valence-electron chi connectivity index (χ0n) is 26.6. The third-order valence-corrected chi connectivity index (χ3v) is 8.19. The highest BCUT2D eigenvalue weighted by atomic mass is 16.5. The Morgan fingerprint density at radius 3 is 2.53 bits per heavy atom. The third-order valence-electron chi connectivity index (χ3n) is 8.19. The van der Waals surface area contributed by atoms with Crippen molar-refractivity contribution in [1.82, 2.24) is 20.1 Å². The van der Waals surface area contributed by atoms with Crippen molar-refractivity contribution in [2.24, 2.45) is 0 Å². The van der Waals surface area contributed by atoms with Crippen LogP contribution in [0.25, 0.3) is 10.9 Å². The number of carbonyl (C=O) groups is 3. The van der Waals surface area contributed by atoms with Crippen molar-refractivity contribution in [2.75, 3.05) is 50.6 Å². The van der Waals surface area contributed by atoms with E-state index in [9.17, 15) is 14.4 Å². The van der Waals surface area contributed by atoms with Crippen LogP contribution in [0, 0.1) is 6.92 Å². The Morgan fingerprint density at radius 1 is 1.04 bits per heavy atom. The lowest BCUT2D eigenvalue weighted by Gasteiger charge is -2.36. The van der Waals surface area contributed by atoms with E-state index in [2.05, 4.69) is 15.6 Å². The number of piperazine rings is 1. The third kappa shape index (κ3) is 7.12. The normalized spacial score (nSPS) is 14.8. The average molecular weight is 611 g/mol. The first-order valence-electron chi connectivity index (χ1n) is 15.3. The smallest absolute Gasteiger partial charge is 0.318 e. The van der Waals surface area contributed by atoms with Crippen molar-refractivity contribution in [1.29, 1.82) is 0 Å². The van der Waals surface area contributed by atoms with Crippen molar-refractivity contribution in [3.8, 4) is 5.75 Å². The molecule has 10 heteroatoms. The van der Waals surface area contributed by atoms with Gasteiger partial charge in [-0.15, -0.1) is 0 Å². The average Bonchev–Trinajstić information content (AvgIpc) is 3.45. The number of H-pyrrole nitrogens is 1. The zero-order chi connectivity index (χ0) is 32.1. The molecule has 1 fully saturated rings. The molecule has 3 N–H and O–H groups in total. The van der Waals surface area contributed by atoms with Crippen LogP contribution in [0.1, 0.15) is 36.5 Å². The molecule has 0 aliphatic carbocycles. The number of amides is 4. The summed E-state index contributed by atoms with van der Waals surface area (Å²) in [5.74, 6) is -0.407. The minimum Gasteiger partial charge on any atom is -0.492 e. The van der Waals surface area contributed by atoms with E-state index >= 15 is 0 Å². The molecular weight excluding hydrogens is 568 g/mol. The molecule has 2 heterocycles. The number of rotatable bonds is 10. The predicted octanol–water partition coefficient (Wildman–Crippen LogP) is 5.11. The maximum absolute atomic E-state index is 14.1. The Morgan fingerprint density at radius 2 is 1.80 bits per heavy atom. The largest absolute Gasteiger partial charge is 0.492 e. The van der Waals surface area contributed by atoms with Crippen LogP contribution in [-0.4, -0.2) is 79.0 Å². The molecule has 0 bridgehead atoms. The fourth-order valence-electron chi connectivity index (χ4n) is 5.89. The van der Waals surface area contributed by atoms with E-state index in [-0.39, 0.29) is 18.4 Å². The first-order chi connectivity index (χ1) is 21.7. The van der Waals surface area contributed by atoms with Crippen molar-refractivity contribution in [2.45, 2.75) is 39.3 Å². The number of fused-ring (bicyclic) bond motifs is 1. The van der Waals surface area contributed by atoms with Crippen LogP contribution in [0.4, 0.5) is 16.2 Å². The Balaban J connectivity index is 1.40. The second kappa shape index (κ2) is 13.9. The second-order valence-corrected chi connectivity index (χ2v) is 11.7. The molecule has 0 saturated carbocycles. The lowest BCUT2D eigenvalue weighted by molar-refractivity contribution is -0.120. The number of hydrogen-bond donors (Lipinski definition) is 3. The molecule has 45 heavy (non-hydrogen) atoms.